The lowest BCUT2D eigenvalue weighted by Gasteiger charge is -2.10. The Morgan fingerprint density at radius 2 is 1.91 bits per heavy atom. The maximum absolute atomic E-state index is 11.6. The molecule has 0 amide bonds. The first-order valence-electron chi connectivity index (χ1n) is 6.41. The fraction of sp³-hybridized carbons (Fsp3) is 0.133. The number of rotatable bonds is 5. The number of carbonyl (C=O) groups excluding carboxylic acids is 1. The van der Waals surface area contributed by atoms with Crippen LogP contribution in [0.25, 0.3) is 0 Å². The van der Waals surface area contributed by atoms with Gasteiger partial charge in [0.2, 0.25) is 0 Å². The van der Waals surface area contributed by atoms with Gasteiger partial charge in [-0.3, -0.25) is 10.1 Å². The summed E-state index contributed by atoms with van der Waals surface area (Å²) in [5, 5.41) is 11.0. The van der Waals surface area contributed by atoms with E-state index in [1.807, 2.05) is 0 Å². The van der Waals surface area contributed by atoms with Crippen molar-refractivity contribution in [1.82, 2.24) is 0 Å². The Labute approximate surface area is 136 Å². The number of nitro groups is 1. The molecular formula is C15H12ClNO6. The van der Waals surface area contributed by atoms with Gasteiger partial charge >= 0.3 is 6.16 Å². The smallest absolute Gasteiger partial charge is 0.496 e. The van der Waals surface area contributed by atoms with Crippen molar-refractivity contribution in [1.29, 1.82) is 0 Å². The molecule has 120 valence electrons. The van der Waals surface area contributed by atoms with Crippen LogP contribution in [0.1, 0.15) is 5.56 Å². The molecule has 7 nitrogen and oxygen atoms in total. The summed E-state index contributed by atoms with van der Waals surface area (Å²) in [5.74, 6) is 0.663. The molecule has 0 radical (unpaired) electrons. The minimum absolute atomic E-state index is 0.0877. The number of nitrogens with zero attached hydrogens (tertiary/aromatic N) is 1. The van der Waals surface area contributed by atoms with Gasteiger partial charge < -0.3 is 14.2 Å². The average molecular weight is 338 g/mol. The summed E-state index contributed by atoms with van der Waals surface area (Å²) in [6.45, 7) is -0.0877. The van der Waals surface area contributed by atoms with Gasteiger partial charge in [0.05, 0.1) is 12.0 Å². The zero-order chi connectivity index (χ0) is 16.8. The molecule has 8 heteroatoms. The fourth-order valence-electron chi connectivity index (χ4n) is 1.76. The third-order valence-corrected chi connectivity index (χ3v) is 3.07. The predicted octanol–water partition coefficient (Wildman–Crippen LogP) is 3.97. The van der Waals surface area contributed by atoms with Crippen LogP contribution in [0.15, 0.2) is 42.5 Å². The summed E-state index contributed by atoms with van der Waals surface area (Å²) in [7, 11) is 1.49. The third kappa shape index (κ3) is 4.58. The monoisotopic (exact) mass is 337 g/mol. The van der Waals surface area contributed by atoms with Crippen LogP contribution in [0.5, 0.6) is 11.5 Å². The number of methoxy groups -OCH3 is 1. The molecule has 23 heavy (non-hydrogen) atoms. The third-order valence-electron chi connectivity index (χ3n) is 2.84. The highest BCUT2D eigenvalue weighted by Crippen LogP contribution is 2.24. The van der Waals surface area contributed by atoms with Crippen molar-refractivity contribution in [3.05, 3.63) is 63.2 Å². The number of benzene rings is 2. The van der Waals surface area contributed by atoms with Gasteiger partial charge in [-0.1, -0.05) is 11.6 Å². The second-order valence-electron chi connectivity index (χ2n) is 4.35. The number of hydrogen-bond donors (Lipinski definition) is 0. The van der Waals surface area contributed by atoms with E-state index >= 15 is 0 Å². The maximum Gasteiger partial charge on any atom is 0.514 e. The number of carbonyl (C=O) groups is 1. The molecular weight excluding hydrogens is 326 g/mol. The first-order valence-corrected chi connectivity index (χ1v) is 6.79. The van der Waals surface area contributed by atoms with E-state index in [1.54, 1.807) is 18.2 Å². The molecule has 0 heterocycles. The topological polar surface area (TPSA) is 87.9 Å². The van der Waals surface area contributed by atoms with Gasteiger partial charge in [0.15, 0.2) is 0 Å². The van der Waals surface area contributed by atoms with Crippen molar-refractivity contribution in [2.24, 2.45) is 0 Å². The summed E-state index contributed by atoms with van der Waals surface area (Å²) in [5.41, 5.74) is 0.482. The van der Waals surface area contributed by atoms with Crippen molar-refractivity contribution < 1.29 is 23.9 Å². The van der Waals surface area contributed by atoms with E-state index in [9.17, 15) is 14.9 Å². The predicted molar refractivity (Wildman–Crippen MR) is 81.9 cm³/mol. The molecule has 0 bridgehead atoms. The zero-order valence-corrected chi connectivity index (χ0v) is 12.8. The van der Waals surface area contributed by atoms with Crippen LogP contribution in [-0.4, -0.2) is 18.2 Å². The molecule has 0 aliphatic rings. The Balaban J connectivity index is 1.95. The van der Waals surface area contributed by atoms with E-state index in [4.69, 9.17) is 25.8 Å². The van der Waals surface area contributed by atoms with E-state index in [2.05, 4.69) is 0 Å². The van der Waals surface area contributed by atoms with E-state index in [1.165, 1.54) is 31.4 Å². The van der Waals surface area contributed by atoms with Crippen LogP contribution in [-0.2, 0) is 11.3 Å². The highest BCUT2D eigenvalue weighted by Gasteiger charge is 2.11. The summed E-state index contributed by atoms with van der Waals surface area (Å²) in [4.78, 5) is 21.6. The van der Waals surface area contributed by atoms with Crippen molar-refractivity contribution in [2.45, 2.75) is 6.61 Å². The van der Waals surface area contributed by atoms with Crippen molar-refractivity contribution >= 4 is 23.4 Å². The van der Waals surface area contributed by atoms with Gasteiger partial charge in [-0.15, -0.1) is 0 Å². The standard InChI is InChI=1S/C15H12ClNO6/c1-21-14-7-2-11(16)8-10(14)9-22-15(18)23-13-5-3-12(4-6-13)17(19)20/h2-8H,9H2,1H3. The lowest BCUT2D eigenvalue weighted by Crippen LogP contribution is -2.11. The minimum Gasteiger partial charge on any atom is -0.496 e. The molecule has 2 aromatic carbocycles. The lowest BCUT2D eigenvalue weighted by atomic mass is 10.2. The molecule has 0 fully saturated rings. The molecule has 0 saturated heterocycles. The molecule has 0 aromatic heterocycles. The van der Waals surface area contributed by atoms with Crippen molar-refractivity contribution in [2.75, 3.05) is 7.11 Å². The number of halogens is 1. The first kappa shape index (κ1) is 16.6. The van der Waals surface area contributed by atoms with Gasteiger partial charge in [-0.2, -0.15) is 0 Å². The van der Waals surface area contributed by atoms with Gasteiger partial charge in [-0.25, -0.2) is 4.79 Å². The number of nitro benzene ring substituents is 1. The normalized spacial score (nSPS) is 10.0. The van der Waals surface area contributed by atoms with Crippen LogP contribution < -0.4 is 9.47 Å². The molecule has 0 aliphatic heterocycles. The summed E-state index contributed by atoms with van der Waals surface area (Å²) < 4.78 is 15.0. The summed E-state index contributed by atoms with van der Waals surface area (Å²) in [6, 6.07) is 9.98. The lowest BCUT2D eigenvalue weighted by molar-refractivity contribution is -0.384. The Morgan fingerprint density at radius 1 is 1.22 bits per heavy atom. The van der Waals surface area contributed by atoms with Gasteiger partial charge in [0.1, 0.15) is 18.1 Å². The second kappa shape index (κ2) is 7.46. The van der Waals surface area contributed by atoms with E-state index in [-0.39, 0.29) is 18.0 Å². The second-order valence-corrected chi connectivity index (χ2v) is 4.78. The molecule has 0 aliphatic carbocycles. The largest absolute Gasteiger partial charge is 0.514 e. The quantitative estimate of drug-likeness (QED) is 0.355. The SMILES string of the molecule is COc1ccc(Cl)cc1COC(=O)Oc1ccc([N+](=O)[O-])cc1. The van der Waals surface area contributed by atoms with Gasteiger partial charge in [-0.05, 0) is 30.3 Å². The van der Waals surface area contributed by atoms with Crippen molar-refractivity contribution in [3.63, 3.8) is 0 Å². The van der Waals surface area contributed by atoms with E-state index in [0.29, 0.717) is 16.3 Å². The molecule has 0 unspecified atom stereocenters. The van der Waals surface area contributed by atoms with Crippen LogP contribution in [0.2, 0.25) is 5.02 Å². The maximum atomic E-state index is 11.6. The van der Waals surface area contributed by atoms with Crippen LogP contribution in [0, 0.1) is 10.1 Å². The molecule has 0 atom stereocenters. The number of ether oxygens (including phenoxy) is 3. The summed E-state index contributed by atoms with van der Waals surface area (Å²) in [6.07, 6.45) is -0.944. The molecule has 0 N–H and O–H groups in total. The van der Waals surface area contributed by atoms with E-state index in [0.717, 1.165) is 0 Å². The Kier molecular flexibility index (Phi) is 5.37. The minimum atomic E-state index is -0.944. The van der Waals surface area contributed by atoms with Crippen LogP contribution in [0.4, 0.5) is 10.5 Å². The van der Waals surface area contributed by atoms with Crippen molar-refractivity contribution in [3.8, 4) is 11.5 Å². The molecule has 0 saturated carbocycles. The van der Waals surface area contributed by atoms with Gasteiger partial charge in [0, 0.05) is 22.7 Å². The zero-order valence-electron chi connectivity index (χ0n) is 12.0. The fourth-order valence-corrected chi connectivity index (χ4v) is 1.95. The molecule has 2 aromatic rings. The van der Waals surface area contributed by atoms with Crippen LogP contribution in [0.3, 0.4) is 0 Å². The number of non-ortho nitro benzene ring substituents is 1. The first-order chi connectivity index (χ1) is 11.0. The number of hydrogen-bond acceptors (Lipinski definition) is 6. The highest BCUT2D eigenvalue weighted by atomic mass is 35.5. The molecule has 0 spiro atoms. The summed E-state index contributed by atoms with van der Waals surface area (Å²) >= 11 is 5.88. The highest BCUT2D eigenvalue weighted by molar-refractivity contribution is 6.30. The Hall–Kier alpha value is -2.80. The molecule has 2 rings (SSSR count). The Bertz CT molecular complexity index is 716. The average Bonchev–Trinajstić information content (AvgIpc) is 2.53. The Morgan fingerprint density at radius 3 is 2.52 bits per heavy atom. The van der Waals surface area contributed by atoms with Crippen LogP contribution >= 0.6 is 11.6 Å². The van der Waals surface area contributed by atoms with Gasteiger partial charge in [0.25, 0.3) is 5.69 Å². The van der Waals surface area contributed by atoms with E-state index < -0.39 is 11.1 Å².